The number of H-pyrrole nitrogens is 2. The van der Waals surface area contributed by atoms with Crippen molar-refractivity contribution in [1.29, 1.82) is 0 Å². The van der Waals surface area contributed by atoms with E-state index in [1.165, 1.54) is 11.3 Å². The molecule has 1 fully saturated rings. The minimum atomic E-state index is -0.253. The zero-order valence-corrected chi connectivity index (χ0v) is 19.3. The molecule has 6 heterocycles. The highest BCUT2D eigenvalue weighted by molar-refractivity contribution is 7.21. The standard InChI is InChI=1S/C22H22N8O3S/c1-11-7-29(8-12(2)33-11)10-17(31)25-13-5-15-19(23-6-13)20-18(21(32)26-15)22-30(28-20)9-16(34-22)14-3-4-24-27-14/h3-6,9,11-12H,7-8,10H2,1-2H3,(H,24,27)(H,25,31)(H,26,32)/t11-,12-/m0/s1. The van der Waals surface area contributed by atoms with Gasteiger partial charge in [-0.2, -0.15) is 10.2 Å². The summed E-state index contributed by atoms with van der Waals surface area (Å²) in [7, 11) is 0. The van der Waals surface area contributed by atoms with Gasteiger partial charge in [-0.15, -0.1) is 11.3 Å². The molecule has 1 saturated heterocycles. The molecule has 0 bridgehead atoms. The molecule has 174 valence electrons. The predicted molar refractivity (Wildman–Crippen MR) is 129 cm³/mol. The minimum absolute atomic E-state index is 0.0893. The lowest BCUT2D eigenvalue weighted by Crippen LogP contribution is -2.48. The third kappa shape index (κ3) is 3.65. The normalized spacial score (nSPS) is 19.4. The number of anilines is 1. The van der Waals surface area contributed by atoms with Crippen LogP contribution in [0.1, 0.15) is 13.8 Å². The highest BCUT2D eigenvalue weighted by atomic mass is 32.1. The molecule has 34 heavy (non-hydrogen) atoms. The molecule has 2 atom stereocenters. The van der Waals surface area contributed by atoms with Gasteiger partial charge in [0, 0.05) is 25.5 Å². The van der Waals surface area contributed by atoms with Gasteiger partial charge in [-0.3, -0.25) is 24.6 Å². The molecule has 5 aromatic rings. The van der Waals surface area contributed by atoms with Gasteiger partial charge in [0.05, 0.1) is 46.7 Å². The number of hydrogen-bond donors (Lipinski definition) is 3. The van der Waals surface area contributed by atoms with Crippen LogP contribution in [0.2, 0.25) is 0 Å². The first kappa shape index (κ1) is 21.0. The zero-order chi connectivity index (χ0) is 23.4. The average molecular weight is 479 g/mol. The van der Waals surface area contributed by atoms with E-state index in [-0.39, 0.29) is 30.2 Å². The maximum atomic E-state index is 13.0. The Kier molecular flexibility index (Phi) is 4.94. The van der Waals surface area contributed by atoms with E-state index in [9.17, 15) is 9.59 Å². The topological polar surface area (TPSA) is 133 Å². The number of pyridine rings is 2. The molecule has 0 spiro atoms. The molecule has 3 N–H and O–H groups in total. The number of nitrogens with one attached hydrogen (secondary N) is 3. The number of carbonyl (C=O) groups is 1. The Morgan fingerprint density at radius 2 is 2.12 bits per heavy atom. The number of hydrogen-bond acceptors (Lipinski definition) is 8. The predicted octanol–water partition coefficient (Wildman–Crippen LogP) is 2.22. The van der Waals surface area contributed by atoms with E-state index < -0.39 is 0 Å². The Morgan fingerprint density at radius 3 is 2.88 bits per heavy atom. The second kappa shape index (κ2) is 8.01. The molecular weight excluding hydrogens is 456 g/mol. The molecule has 1 aliphatic rings. The summed E-state index contributed by atoms with van der Waals surface area (Å²) in [5.74, 6) is -0.139. The molecule has 0 saturated carbocycles. The summed E-state index contributed by atoms with van der Waals surface area (Å²) in [6.45, 7) is 5.69. The number of nitrogens with zero attached hydrogens (tertiary/aromatic N) is 5. The molecule has 11 nitrogen and oxygen atoms in total. The fraction of sp³-hybridized carbons (Fsp3) is 0.318. The summed E-state index contributed by atoms with van der Waals surface area (Å²) in [6, 6.07) is 3.58. The van der Waals surface area contributed by atoms with E-state index in [0.717, 1.165) is 15.4 Å². The van der Waals surface area contributed by atoms with Gasteiger partial charge in [0.25, 0.3) is 5.56 Å². The van der Waals surface area contributed by atoms with Crippen molar-refractivity contribution >= 4 is 49.7 Å². The number of carbonyl (C=O) groups excluding carboxylic acids is 1. The highest BCUT2D eigenvalue weighted by Gasteiger charge is 2.24. The van der Waals surface area contributed by atoms with Gasteiger partial charge in [-0.05, 0) is 26.0 Å². The summed E-state index contributed by atoms with van der Waals surface area (Å²) in [5, 5.41) is 14.9. The summed E-state index contributed by atoms with van der Waals surface area (Å²) in [5.41, 5.74) is 2.74. The molecule has 0 aliphatic carbocycles. The summed E-state index contributed by atoms with van der Waals surface area (Å²) in [4.78, 5) is 36.7. The fourth-order valence-electron chi connectivity index (χ4n) is 4.55. The fourth-order valence-corrected chi connectivity index (χ4v) is 5.62. The van der Waals surface area contributed by atoms with Gasteiger partial charge in [0.1, 0.15) is 21.3 Å². The van der Waals surface area contributed by atoms with E-state index >= 15 is 0 Å². The van der Waals surface area contributed by atoms with Crippen molar-refractivity contribution in [2.45, 2.75) is 26.1 Å². The van der Waals surface area contributed by atoms with Crippen molar-refractivity contribution in [3.8, 4) is 10.6 Å². The van der Waals surface area contributed by atoms with E-state index in [2.05, 4.69) is 35.5 Å². The lowest BCUT2D eigenvalue weighted by atomic mass is 10.2. The van der Waals surface area contributed by atoms with Gasteiger partial charge >= 0.3 is 0 Å². The van der Waals surface area contributed by atoms with Crippen molar-refractivity contribution in [1.82, 2.24) is 34.7 Å². The molecule has 12 heteroatoms. The molecule has 0 aromatic carbocycles. The summed E-state index contributed by atoms with van der Waals surface area (Å²) in [6.07, 6.45) is 5.31. The first-order valence-corrected chi connectivity index (χ1v) is 11.8. The lowest BCUT2D eigenvalue weighted by Gasteiger charge is -2.34. The third-order valence-corrected chi connectivity index (χ3v) is 6.94. The minimum Gasteiger partial charge on any atom is -0.373 e. The molecule has 0 radical (unpaired) electrons. The van der Waals surface area contributed by atoms with Crippen LogP contribution in [0.15, 0.2) is 35.5 Å². The number of aromatic nitrogens is 6. The average Bonchev–Trinajstić information content (AvgIpc) is 3.48. The highest BCUT2D eigenvalue weighted by Crippen LogP contribution is 2.32. The molecular formula is C22H22N8O3S. The third-order valence-electron chi connectivity index (χ3n) is 5.81. The maximum absolute atomic E-state index is 13.0. The van der Waals surface area contributed by atoms with E-state index in [4.69, 9.17) is 4.74 Å². The van der Waals surface area contributed by atoms with Crippen LogP contribution in [-0.4, -0.2) is 72.4 Å². The molecule has 1 amide bonds. The van der Waals surface area contributed by atoms with Crippen LogP contribution in [0.4, 0.5) is 5.69 Å². The summed E-state index contributed by atoms with van der Waals surface area (Å²) >= 11 is 1.45. The van der Waals surface area contributed by atoms with Crippen molar-refractivity contribution in [2.24, 2.45) is 0 Å². The molecule has 5 aromatic heterocycles. The monoisotopic (exact) mass is 478 g/mol. The van der Waals surface area contributed by atoms with Crippen LogP contribution in [-0.2, 0) is 9.53 Å². The van der Waals surface area contributed by atoms with Crippen molar-refractivity contribution < 1.29 is 9.53 Å². The van der Waals surface area contributed by atoms with Gasteiger partial charge in [0.2, 0.25) is 5.91 Å². The SMILES string of the molecule is C[C@H]1CN(CC(=O)Nc2cnc3c(c2)[nH]c(=O)c2c3nn3cc(-c4ccn[nH]4)sc23)C[C@H](C)O1. The van der Waals surface area contributed by atoms with Gasteiger partial charge in [-0.25, -0.2) is 4.52 Å². The number of morpholine rings is 1. The number of fused-ring (bicyclic) bond motifs is 5. The van der Waals surface area contributed by atoms with Crippen LogP contribution in [0, 0.1) is 0 Å². The Bertz CT molecular complexity index is 1570. The first-order valence-electron chi connectivity index (χ1n) is 11.0. The first-order chi connectivity index (χ1) is 16.4. The number of amides is 1. The van der Waals surface area contributed by atoms with Crippen molar-refractivity contribution in [3.63, 3.8) is 0 Å². The van der Waals surface area contributed by atoms with Crippen LogP contribution in [0.25, 0.3) is 37.3 Å². The number of thiazole rings is 1. The van der Waals surface area contributed by atoms with Crippen LogP contribution >= 0.6 is 11.3 Å². The van der Waals surface area contributed by atoms with Crippen LogP contribution in [0.5, 0.6) is 0 Å². The Labute approximate surface area is 196 Å². The van der Waals surface area contributed by atoms with E-state index in [1.54, 1.807) is 23.0 Å². The largest absolute Gasteiger partial charge is 0.373 e. The Balaban J connectivity index is 1.30. The van der Waals surface area contributed by atoms with Crippen molar-refractivity contribution in [2.75, 3.05) is 25.0 Å². The van der Waals surface area contributed by atoms with E-state index in [0.29, 0.717) is 40.7 Å². The summed E-state index contributed by atoms with van der Waals surface area (Å²) < 4.78 is 7.42. The number of aromatic amines is 2. The molecule has 6 rings (SSSR count). The van der Waals surface area contributed by atoms with Crippen LogP contribution < -0.4 is 10.9 Å². The quantitative estimate of drug-likeness (QED) is 0.361. The smallest absolute Gasteiger partial charge is 0.261 e. The number of ether oxygens (including phenoxy) is 1. The van der Waals surface area contributed by atoms with Gasteiger partial charge < -0.3 is 15.0 Å². The maximum Gasteiger partial charge on any atom is 0.261 e. The zero-order valence-electron chi connectivity index (χ0n) is 18.5. The molecule has 0 unspecified atom stereocenters. The van der Waals surface area contributed by atoms with Gasteiger partial charge in [0.15, 0.2) is 0 Å². The lowest BCUT2D eigenvalue weighted by molar-refractivity contribution is -0.121. The Hall–Kier alpha value is -3.61. The van der Waals surface area contributed by atoms with Crippen molar-refractivity contribution in [3.05, 3.63) is 41.1 Å². The Morgan fingerprint density at radius 1 is 1.29 bits per heavy atom. The van der Waals surface area contributed by atoms with Gasteiger partial charge in [-0.1, -0.05) is 0 Å². The second-order valence-corrected chi connectivity index (χ2v) is 9.64. The van der Waals surface area contributed by atoms with E-state index in [1.807, 2.05) is 26.1 Å². The number of rotatable bonds is 4. The second-order valence-electron chi connectivity index (χ2n) is 8.61. The van der Waals surface area contributed by atoms with Crippen LogP contribution in [0.3, 0.4) is 0 Å². The molecule has 1 aliphatic heterocycles.